The predicted octanol–water partition coefficient (Wildman–Crippen LogP) is 1.24. The largest absolute Gasteiger partial charge is 0.445 e. The molecule has 0 aromatic heterocycles. The minimum atomic E-state index is -0.378. The number of rotatable bonds is 5. The number of carbonyl (C=O) groups is 2. The van der Waals surface area contributed by atoms with Crippen molar-refractivity contribution in [1.82, 2.24) is 4.90 Å². The van der Waals surface area contributed by atoms with Crippen molar-refractivity contribution in [3.8, 4) is 0 Å². The van der Waals surface area contributed by atoms with Gasteiger partial charge in [0.2, 0.25) is 5.91 Å². The molecule has 1 heterocycles. The molecule has 1 aliphatic heterocycles. The summed E-state index contributed by atoms with van der Waals surface area (Å²) in [5.41, 5.74) is 12.1. The van der Waals surface area contributed by atoms with E-state index < -0.39 is 0 Å². The van der Waals surface area contributed by atoms with Gasteiger partial charge in [0, 0.05) is 25.6 Å². The molecule has 1 unspecified atom stereocenters. The van der Waals surface area contributed by atoms with Gasteiger partial charge in [-0.1, -0.05) is 30.3 Å². The molecule has 1 aromatic carbocycles. The SMILES string of the molecule is NC(=O)CC(N)C1CCN(C(=O)OCc2ccccc2)CC1. The highest BCUT2D eigenvalue weighted by molar-refractivity contribution is 5.74. The van der Waals surface area contributed by atoms with Gasteiger partial charge >= 0.3 is 6.09 Å². The zero-order chi connectivity index (χ0) is 15.9. The van der Waals surface area contributed by atoms with Crippen LogP contribution in [0.25, 0.3) is 0 Å². The van der Waals surface area contributed by atoms with Crippen LogP contribution in [0.4, 0.5) is 4.79 Å². The summed E-state index contributed by atoms with van der Waals surface area (Å²) in [4.78, 5) is 24.6. The summed E-state index contributed by atoms with van der Waals surface area (Å²) in [6, 6.07) is 9.36. The van der Waals surface area contributed by atoms with E-state index >= 15 is 0 Å². The van der Waals surface area contributed by atoms with Crippen molar-refractivity contribution in [1.29, 1.82) is 0 Å². The van der Waals surface area contributed by atoms with Gasteiger partial charge in [0.1, 0.15) is 6.61 Å². The summed E-state index contributed by atoms with van der Waals surface area (Å²) in [6.07, 6.45) is 1.44. The average molecular weight is 305 g/mol. The van der Waals surface area contributed by atoms with Gasteiger partial charge in [-0.05, 0) is 24.3 Å². The molecular weight excluding hydrogens is 282 g/mol. The summed E-state index contributed by atoms with van der Waals surface area (Å²) in [7, 11) is 0. The highest BCUT2D eigenvalue weighted by atomic mass is 16.6. The third-order valence-corrected chi connectivity index (χ3v) is 4.05. The molecule has 6 nitrogen and oxygen atoms in total. The lowest BCUT2D eigenvalue weighted by atomic mass is 9.88. The standard InChI is InChI=1S/C16H23N3O3/c17-14(10-15(18)20)13-6-8-19(9-7-13)16(21)22-11-12-4-2-1-3-5-12/h1-5,13-14H,6-11,17H2,(H2,18,20). The van der Waals surface area contributed by atoms with Crippen LogP contribution in [-0.4, -0.2) is 36.0 Å². The summed E-state index contributed by atoms with van der Waals surface area (Å²) in [6.45, 7) is 1.48. The zero-order valence-corrected chi connectivity index (χ0v) is 12.6. The van der Waals surface area contributed by atoms with E-state index in [2.05, 4.69) is 0 Å². The van der Waals surface area contributed by atoms with E-state index in [0.717, 1.165) is 18.4 Å². The Morgan fingerprint density at radius 3 is 2.45 bits per heavy atom. The number of ether oxygens (including phenoxy) is 1. The van der Waals surface area contributed by atoms with Crippen molar-refractivity contribution in [2.75, 3.05) is 13.1 Å². The number of nitrogens with two attached hydrogens (primary N) is 2. The third kappa shape index (κ3) is 4.73. The van der Waals surface area contributed by atoms with E-state index in [1.165, 1.54) is 0 Å². The van der Waals surface area contributed by atoms with Gasteiger partial charge in [0.25, 0.3) is 0 Å². The molecule has 0 aliphatic carbocycles. The Bertz CT molecular complexity index is 499. The fourth-order valence-electron chi connectivity index (χ4n) is 2.72. The van der Waals surface area contributed by atoms with Crippen LogP contribution in [0.2, 0.25) is 0 Å². The summed E-state index contributed by atoms with van der Waals surface area (Å²) >= 11 is 0. The molecule has 1 fully saturated rings. The topological polar surface area (TPSA) is 98.6 Å². The van der Waals surface area contributed by atoms with Gasteiger partial charge in [-0.2, -0.15) is 0 Å². The van der Waals surface area contributed by atoms with Crippen LogP contribution in [0.1, 0.15) is 24.8 Å². The molecule has 120 valence electrons. The highest BCUT2D eigenvalue weighted by Gasteiger charge is 2.28. The molecule has 6 heteroatoms. The minimum absolute atomic E-state index is 0.198. The maximum Gasteiger partial charge on any atom is 0.410 e. The number of nitrogens with zero attached hydrogens (tertiary/aromatic N) is 1. The second-order valence-corrected chi connectivity index (χ2v) is 5.70. The van der Waals surface area contributed by atoms with Crippen LogP contribution in [0.3, 0.4) is 0 Å². The number of benzene rings is 1. The number of piperidine rings is 1. The van der Waals surface area contributed by atoms with Gasteiger partial charge in [0.15, 0.2) is 0 Å². The summed E-state index contributed by atoms with van der Waals surface area (Å²) in [5.74, 6) is -0.150. The molecule has 0 radical (unpaired) electrons. The lowest BCUT2D eigenvalue weighted by Gasteiger charge is -2.33. The van der Waals surface area contributed by atoms with E-state index in [0.29, 0.717) is 13.1 Å². The average Bonchev–Trinajstić information content (AvgIpc) is 2.53. The molecule has 22 heavy (non-hydrogen) atoms. The molecule has 0 bridgehead atoms. The van der Waals surface area contributed by atoms with Crippen molar-refractivity contribution in [3.05, 3.63) is 35.9 Å². The van der Waals surface area contributed by atoms with Gasteiger partial charge in [-0.3, -0.25) is 4.79 Å². The Morgan fingerprint density at radius 1 is 1.23 bits per heavy atom. The monoisotopic (exact) mass is 305 g/mol. The highest BCUT2D eigenvalue weighted by Crippen LogP contribution is 2.21. The van der Waals surface area contributed by atoms with E-state index in [4.69, 9.17) is 16.2 Å². The zero-order valence-electron chi connectivity index (χ0n) is 12.6. The Kier molecular flexibility index (Phi) is 5.77. The second-order valence-electron chi connectivity index (χ2n) is 5.70. The van der Waals surface area contributed by atoms with E-state index in [-0.39, 0.29) is 37.0 Å². The lowest BCUT2D eigenvalue weighted by molar-refractivity contribution is -0.118. The fourth-order valence-corrected chi connectivity index (χ4v) is 2.72. The van der Waals surface area contributed by atoms with Crippen LogP contribution in [0.15, 0.2) is 30.3 Å². The van der Waals surface area contributed by atoms with Crippen molar-refractivity contribution < 1.29 is 14.3 Å². The van der Waals surface area contributed by atoms with Crippen LogP contribution < -0.4 is 11.5 Å². The normalized spacial score (nSPS) is 17.0. The number of carbonyl (C=O) groups excluding carboxylic acids is 2. The van der Waals surface area contributed by atoms with Gasteiger partial charge in [0.05, 0.1) is 0 Å². The van der Waals surface area contributed by atoms with Gasteiger partial charge in [-0.25, -0.2) is 4.79 Å². The third-order valence-electron chi connectivity index (χ3n) is 4.05. The maximum absolute atomic E-state index is 12.0. The first-order valence-corrected chi connectivity index (χ1v) is 7.55. The smallest absolute Gasteiger partial charge is 0.410 e. The number of primary amides is 1. The maximum atomic E-state index is 12.0. The first-order chi connectivity index (χ1) is 10.6. The molecule has 4 N–H and O–H groups in total. The minimum Gasteiger partial charge on any atom is -0.445 e. The number of hydrogen-bond donors (Lipinski definition) is 2. The number of likely N-dealkylation sites (tertiary alicyclic amines) is 1. The second kappa shape index (κ2) is 7.79. The summed E-state index contributed by atoms with van der Waals surface area (Å²) in [5, 5.41) is 0. The molecule has 1 aliphatic rings. The van der Waals surface area contributed by atoms with Crippen molar-refractivity contribution >= 4 is 12.0 Å². The van der Waals surface area contributed by atoms with E-state index in [1.54, 1.807) is 4.90 Å². The van der Waals surface area contributed by atoms with Crippen LogP contribution >= 0.6 is 0 Å². The van der Waals surface area contributed by atoms with Crippen molar-refractivity contribution in [2.45, 2.75) is 31.9 Å². The van der Waals surface area contributed by atoms with Crippen molar-refractivity contribution in [3.63, 3.8) is 0 Å². The Balaban J connectivity index is 1.74. The molecule has 0 saturated carbocycles. The molecule has 0 spiro atoms. The predicted molar refractivity (Wildman–Crippen MR) is 82.7 cm³/mol. The quantitative estimate of drug-likeness (QED) is 0.855. The Morgan fingerprint density at radius 2 is 1.86 bits per heavy atom. The van der Waals surface area contributed by atoms with E-state index in [9.17, 15) is 9.59 Å². The molecule has 2 rings (SSSR count). The molecule has 1 aromatic rings. The van der Waals surface area contributed by atoms with Crippen LogP contribution in [-0.2, 0) is 16.1 Å². The fraction of sp³-hybridized carbons (Fsp3) is 0.500. The Hall–Kier alpha value is -2.08. The number of hydrogen-bond acceptors (Lipinski definition) is 4. The van der Waals surface area contributed by atoms with Gasteiger partial charge in [-0.15, -0.1) is 0 Å². The first-order valence-electron chi connectivity index (χ1n) is 7.55. The van der Waals surface area contributed by atoms with Crippen LogP contribution in [0, 0.1) is 5.92 Å². The molecular formula is C16H23N3O3. The first kappa shape index (κ1) is 16.3. The lowest BCUT2D eigenvalue weighted by Crippen LogP contribution is -2.44. The number of amides is 2. The Labute approximate surface area is 130 Å². The molecule has 1 saturated heterocycles. The summed E-state index contributed by atoms with van der Waals surface area (Å²) < 4.78 is 5.31. The molecule has 1 atom stereocenters. The van der Waals surface area contributed by atoms with Crippen molar-refractivity contribution in [2.24, 2.45) is 17.4 Å². The van der Waals surface area contributed by atoms with Crippen LogP contribution in [0.5, 0.6) is 0 Å². The van der Waals surface area contributed by atoms with E-state index in [1.807, 2.05) is 30.3 Å². The van der Waals surface area contributed by atoms with Gasteiger partial charge < -0.3 is 21.1 Å². The molecule has 2 amide bonds.